The molecular formula is C15H13ClN6O3S. The molecule has 1 amide bonds. The van der Waals surface area contributed by atoms with Crippen molar-refractivity contribution in [1.82, 2.24) is 19.6 Å². The standard InChI is InChI=1S/C15H13ClN6O3S/c1-8-5-9(2)21-14(17-8)19-20-15(21)26-7-13(23)18-11-4-3-10(16)6-12(11)22(24)25/h3-6H,7H2,1-2H3,(H,18,23). The molecule has 9 nitrogen and oxygen atoms in total. The number of nitro benzene ring substituents is 1. The second-order valence-electron chi connectivity index (χ2n) is 5.41. The van der Waals surface area contributed by atoms with Gasteiger partial charge in [0.15, 0.2) is 5.16 Å². The van der Waals surface area contributed by atoms with Crippen LogP contribution in [0, 0.1) is 24.0 Å². The molecule has 0 saturated carbocycles. The van der Waals surface area contributed by atoms with Crippen LogP contribution in [-0.2, 0) is 4.79 Å². The van der Waals surface area contributed by atoms with Crippen LogP contribution >= 0.6 is 23.4 Å². The van der Waals surface area contributed by atoms with Gasteiger partial charge in [-0.2, -0.15) is 0 Å². The van der Waals surface area contributed by atoms with Gasteiger partial charge in [0, 0.05) is 22.5 Å². The number of nitrogens with zero attached hydrogens (tertiary/aromatic N) is 5. The Morgan fingerprint density at radius 2 is 2.12 bits per heavy atom. The molecule has 2 heterocycles. The van der Waals surface area contributed by atoms with E-state index in [1.54, 1.807) is 4.40 Å². The first-order valence-electron chi connectivity index (χ1n) is 7.41. The molecule has 3 aromatic rings. The van der Waals surface area contributed by atoms with Gasteiger partial charge in [0.05, 0.1) is 10.7 Å². The Bertz CT molecular complexity index is 1020. The number of hydrogen-bond acceptors (Lipinski definition) is 7. The molecular weight excluding hydrogens is 380 g/mol. The van der Waals surface area contributed by atoms with Crippen LogP contribution in [-0.4, -0.2) is 36.2 Å². The third-order valence-electron chi connectivity index (χ3n) is 3.43. The van der Waals surface area contributed by atoms with Crippen LogP contribution < -0.4 is 5.32 Å². The van der Waals surface area contributed by atoms with Crippen LogP contribution in [0.25, 0.3) is 5.78 Å². The van der Waals surface area contributed by atoms with Gasteiger partial charge in [-0.15, -0.1) is 10.2 Å². The fraction of sp³-hybridized carbons (Fsp3) is 0.200. The third-order valence-corrected chi connectivity index (χ3v) is 4.59. The number of nitro groups is 1. The number of fused-ring (bicyclic) bond motifs is 1. The van der Waals surface area contributed by atoms with Gasteiger partial charge in [0.25, 0.3) is 11.5 Å². The summed E-state index contributed by atoms with van der Waals surface area (Å²) >= 11 is 6.93. The fourth-order valence-electron chi connectivity index (χ4n) is 2.37. The van der Waals surface area contributed by atoms with Crippen molar-refractivity contribution in [2.24, 2.45) is 0 Å². The highest BCUT2D eigenvalue weighted by molar-refractivity contribution is 7.99. The van der Waals surface area contributed by atoms with Crippen molar-refractivity contribution in [2.75, 3.05) is 11.1 Å². The average Bonchev–Trinajstić information content (AvgIpc) is 2.97. The second kappa shape index (κ2) is 7.26. The number of nitrogens with one attached hydrogen (secondary N) is 1. The molecule has 134 valence electrons. The van der Waals surface area contributed by atoms with Crippen LogP contribution in [0.15, 0.2) is 29.4 Å². The summed E-state index contributed by atoms with van der Waals surface area (Å²) in [6.45, 7) is 3.76. The minimum absolute atomic E-state index is 0.00783. The molecule has 0 aliphatic carbocycles. The van der Waals surface area contributed by atoms with E-state index in [0.29, 0.717) is 10.9 Å². The van der Waals surface area contributed by atoms with Gasteiger partial charge >= 0.3 is 0 Å². The highest BCUT2D eigenvalue weighted by Gasteiger charge is 2.17. The number of thioether (sulfide) groups is 1. The Morgan fingerprint density at radius 3 is 2.85 bits per heavy atom. The van der Waals surface area contributed by atoms with E-state index in [2.05, 4.69) is 20.5 Å². The predicted octanol–water partition coefficient (Wildman–Crippen LogP) is 3.03. The molecule has 11 heteroatoms. The number of aryl methyl sites for hydroxylation is 2. The van der Waals surface area contributed by atoms with E-state index in [-0.39, 0.29) is 22.2 Å². The van der Waals surface area contributed by atoms with Crippen molar-refractivity contribution in [2.45, 2.75) is 19.0 Å². The molecule has 0 radical (unpaired) electrons. The Hall–Kier alpha value is -2.72. The summed E-state index contributed by atoms with van der Waals surface area (Å²) in [5.74, 6) is 0.0575. The number of amides is 1. The lowest BCUT2D eigenvalue weighted by atomic mass is 10.2. The number of hydrogen-bond donors (Lipinski definition) is 1. The molecule has 0 bridgehead atoms. The second-order valence-corrected chi connectivity index (χ2v) is 6.79. The minimum atomic E-state index is -0.599. The number of anilines is 1. The van der Waals surface area contributed by atoms with Gasteiger partial charge in [0.1, 0.15) is 5.69 Å². The maximum absolute atomic E-state index is 12.2. The van der Waals surface area contributed by atoms with Gasteiger partial charge in [-0.3, -0.25) is 19.3 Å². The van der Waals surface area contributed by atoms with Crippen molar-refractivity contribution in [3.8, 4) is 0 Å². The van der Waals surface area contributed by atoms with Crippen molar-refractivity contribution in [1.29, 1.82) is 0 Å². The zero-order valence-electron chi connectivity index (χ0n) is 13.8. The topological polar surface area (TPSA) is 115 Å². The summed E-state index contributed by atoms with van der Waals surface area (Å²) in [5.41, 5.74) is 1.55. The lowest BCUT2D eigenvalue weighted by Crippen LogP contribution is -2.15. The molecule has 0 atom stereocenters. The summed E-state index contributed by atoms with van der Waals surface area (Å²) in [6, 6.07) is 5.94. The number of aromatic nitrogens is 4. The van der Waals surface area contributed by atoms with Gasteiger partial charge in [0.2, 0.25) is 5.91 Å². The first-order valence-corrected chi connectivity index (χ1v) is 8.77. The van der Waals surface area contributed by atoms with Gasteiger partial charge in [-0.25, -0.2) is 4.98 Å². The first-order chi connectivity index (χ1) is 12.3. The first kappa shape index (κ1) is 18.1. The highest BCUT2D eigenvalue weighted by Crippen LogP contribution is 2.28. The fourth-order valence-corrected chi connectivity index (χ4v) is 3.32. The molecule has 0 aliphatic rings. The third kappa shape index (κ3) is 3.75. The summed E-state index contributed by atoms with van der Waals surface area (Å²) < 4.78 is 1.75. The Morgan fingerprint density at radius 1 is 1.35 bits per heavy atom. The smallest absolute Gasteiger partial charge is 0.294 e. The Kier molecular flexibility index (Phi) is 5.05. The molecule has 1 aromatic carbocycles. The number of carbonyl (C=O) groups excluding carboxylic acids is 1. The van der Waals surface area contributed by atoms with Gasteiger partial charge in [-0.05, 0) is 32.0 Å². The molecule has 3 rings (SSSR count). The normalized spacial score (nSPS) is 10.9. The highest BCUT2D eigenvalue weighted by atomic mass is 35.5. The number of carbonyl (C=O) groups is 1. The Balaban J connectivity index is 1.74. The van der Waals surface area contributed by atoms with Crippen LogP contribution in [0.2, 0.25) is 5.02 Å². The summed E-state index contributed by atoms with van der Waals surface area (Å²) in [6.07, 6.45) is 0. The van der Waals surface area contributed by atoms with Crippen LogP contribution in [0.5, 0.6) is 0 Å². The van der Waals surface area contributed by atoms with E-state index in [1.807, 2.05) is 19.9 Å². The predicted molar refractivity (Wildman–Crippen MR) is 97.7 cm³/mol. The van der Waals surface area contributed by atoms with Crippen molar-refractivity contribution >= 4 is 46.4 Å². The lowest BCUT2D eigenvalue weighted by molar-refractivity contribution is -0.383. The lowest BCUT2D eigenvalue weighted by Gasteiger charge is -2.06. The summed E-state index contributed by atoms with van der Waals surface area (Å²) in [7, 11) is 0. The molecule has 26 heavy (non-hydrogen) atoms. The van der Waals surface area contributed by atoms with Crippen LogP contribution in [0.3, 0.4) is 0 Å². The van der Waals surface area contributed by atoms with E-state index in [4.69, 9.17) is 11.6 Å². The quantitative estimate of drug-likeness (QED) is 0.403. The zero-order chi connectivity index (χ0) is 18.8. The van der Waals surface area contributed by atoms with Gasteiger partial charge < -0.3 is 5.32 Å². The van der Waals surface area contributed by atoms with E-state index in [9.17, 15) is 14.9 Å². The monoisotopic (exact) mass is 392 g/mol. The molecule has 0 spiro atoms. The summed E-state index contributed by atoms with van der Waals surface area (Å²) in [4.78, 5) is 26.9. The van der Waals surface area contributed by atoms with Crippen LogP contribution in [0.4, 0.5) is 11.4 Å². The maximum atomic E-state index is 12.2. The number of halogens is 1. The molecule has 0 fully saturated rings. The van der Waals surface area contributed by atoms with Crippen molar-refractivity contribution in [3.05, 3.63) is 50.8 Å². The minimum Gasteiger partial charge on any atom is -0.320 e. The van der Waals surface area contributed by atoms with E-state index >= 15 is 0 Å². The summed E-state index contributed by atoms with van der Waals surface area (Å²) in [5, 5.41) is 22.4. The molecule has 0 aliphatic heterocycles. The van der Waals surface area contributed by atoms with Crippen LogP contribution in [0.1, 0.15) is 11.4 Å². The number of benzene rings is 1. The zero-order valence-corrected chi connectivity index (χ0v) is 15.3. The number of rotatable bonds is 5. The van der Waals surface area contributed by atoms with Gasteiger partial charge in [-0.1, -0.05) is 23.4 Å². The molecule has 2 aromatic heterocycles. The van der Waals surface area contributed by atoms with E-state index in [1.165, 1.54) is 18.2 Å². The van der Waals surface area contributed by atoms with E-state index < -0.39 is 10.8 Å². The maximum Gasteiger partial charge on any atom is 0.294 e. The average molecular weight is 393 g/mol. The molecule has 0 saturated heterocycles. The van der Waals surface area contributed by atoms with Crippen molar-refractivity contribution in [3.63, 3.8) is 0 Å². The Labute approximate surface area is 156 Å². The molecule has 0 unspecified atom stereocenters. The van der Waals surface area contributed by atoms with Crippen molar-refractivity contribution < 1.29 is 9.72 Å². The molecule has 1 N–H and O–H groups in total. The van der Waals surface area contributed by atoms with E-state index in [0.717, 1.165) is 23.1 Å². The largest absolute Gasteiger partial charge is 0.320 e. The SMILES string of the molecule is Cc1cc(C)n2c(SCC(=O)Nc3ccc(Cl)cc3[N+](=O)[O-])nnc2n1.